The number of aryl methyl sites for hydroxylation is 2. The van der Waals surface area contributed by atoms with E-state index in [4.69, 9.17) is 4.74 Å². The van der Waals surface area contributed by atoms with Crippen LogP contribution in [0.15, 0.2) is 48.2 Å². The van der Waals surface area contributed by atoms with Gasteiger partial charge in [0.15, 0.2) is 0 Å². The zero-order valence-corrected chi connectivity index (χ0v) is 18.6. The summed E-state index contributed by atoms with van der Waals surface area (Å²) in [5, 5.41) is 0. The van der Waals surface area contributed by atoms with Crippen LogP contribution in [0.1, 0.15) is 23.6 Å². The SMILES string of the molecule is CCOc1ccc(C2=C(N3CCN(C)CC3)C(=O)N(c3cc(C)ccc3C)C2=O)cc1. The highest BCUT2D eigenvalue weighted by atomic mass is 16.5. The molecular formula is C25H29N3O3. The quantitative estimate of drug-likeness (QED) is 0.697. The van der Waals surface area contributed by atoms with E-state index < -0.39 is 0 Å². The molecule has 1 fully saturated rings. The Balaban J connectivity index is 1.80. The molecule has 0 bridgehead atoms. The lowest BCUT2D eigenvalue weighted by molar-refractivity contribution is -0.120. The van der Waals surface area contributed by atoms with Crippen LogP contribution in [0.4, 0.5) is 5.69 Å². The molecule has 1 saturated heterocycles. The highest BCUT2D eigenvalue weighted by molar-refractivity contribution is 6.45. The van der Waals surface area contributed by atoms with E-state index in [1.165, 1.54) is 4.90 Å². The zero-order valence-electron chi connectivity index (χ0n) is 18.6. The van der Waals surface area contributed by atoms with Crippen molar-refractivity contribution < 1.29 is 14.3 Å². The second-order valence-electron chi connectivity index (χ2n) is 8.21. The van der Waals surface area contributed by atoms with Crippen molar-refractivity contribution in [2.45, 2.75) is 20.8 Å². The summed E-state index contributed by atoms with van der Waals surface area (Å²) in [6, 6.07) is 13.3. The van der Waals surface area contributed by atoms with Crippen LogP contribution in [0, 0.1) is 13.8 Å². The standard InChI is InChI=1S/C25H29N3O3/c1-5-31-20-10-8-19(9-11-20)22-23(27-14-12-26(4)13-15-27)25(30)28(24(22)29)21-16-17(2)6-7-18(21)3/h6-11,16H,5,12-15H2,1-4H3. The lowest BCUT2D eigenvalue weighted by Gasteiger charge is -2.34. The minimum absolute atomic E-state index is 0.243. The lowest BCUT2D eigenvalue weighted by Crippen LogP contribution is -2.46. The van der Waals surface area contributed by atoms with Gasteiger partial charge in [-0.3, -0.25) is 9.59 Å². The number of carbonyl (C=O) groups is 2. The molecule has 2 amide bonds. The summed E-state index contributed by atoms with van der Waals surface area (Å²) in [4.78, 5) is 33.0. The number of hydrogen-bond donors (Lipinski definition) is 0. The number of carbonyl (C=O) groups excluding carboxylic acids is 2. The van der Waals surface area contributed by atoms with Gasteiger partial charge in [-0.15, -0.1) is 0 Å². The van der Waals surface area contributed by atoms with Gasteiger partial charge in [-0.05, 0) is 62.7 Å². The number of ether oxygens (including phenoxy) is 1. The molecule has 162 valence electrons. The first kappa shape index (κ1) is 21.1. The van der Waals surface area contributed by atoms with E-state index in [9.17, 15) is 9.59 Å². The van der Waals surface area contributed by atoms with Crippen LogP contribution in [0.3, 0.4) is 0 Å². The first-order valence-electron chi connectivity index (χ1n) is 10.8. The van der Waals surface area contributed by atoms with Crippen LogP contribution in [0.25, 0.3) is 5.57 Å². The largest absolute Gasteiger partial charge is 0.494 e. The normalized spacial score (nSPS) is 17.7. The molecule has 4 rings (SSSR count). The Labute approximate surface area is 183 Å². The van der Waals surface area contributed by atoms with Crippen LogP contribution in [0.2, 0.25) is 0 Å². The Morgan fingerprint density at radius 2 is 1.58 bits per heavy atom. The fourth-order valence-electron chi connectivity index (χ4n) is 4.17. The fourth-order valence-corrected chi connectivity index (χ4v) is 4.17. The van der Waals surface area contributed by atoms with Crippen molar-refractivity contribution in [3.63, 3.8) is 0 Å². The molecule has 0 saturated carbocycles. The van der Waals surface area contributed by atoms with Crippen molar-refractivity contribution in [2.75, 3.05) is 44.7 Å². The van der Waals surface area contributed by atoms with Gasteiger partial charge in [0.2, 0.25) is 0 Å². The van der Waals surface area contributed by atoms with Crippen LogP contribution < -0.4 is 9.64 Å². The summed E-state index contributed by atoms with van der Waals surface area (Å²) in [6.07, 6.45) is 0. The number of rotatable bonds is 5. The Morgan fingerprint density at radius 1 is 0.903 bits per heavy atom. The molecule has 0 aliphatic carbocycles. The summed E-state index contributed by atoms with van der Waals surface area (Å²) in [5.74, 6) is 0.236. The third-order valence-corrected chi connectivity index (χ3v) is 5.94. The van der Waals surface area contributed by atoms with Crippen molar-refractivity contribution in [3.05, 3.63) is 64.9 Å². The predicted molar refractivity (Wildman–Crippen MR) is 122 cm³/mol. The van der Waals surface area contributed by atoms with Crippen molar-refractivity contribution in [3.8, 4) is 5.75 Å². The molecule has 0 N–H and O–H groups in total. The zero-order chi connectivity index (χ0) is 22.1. The third kappa shape index (κ3) is 3.95. The first-order valence-corrected chi connectivity index (χ1v) is 10.8. The van der Waals surface area contributed by atoms with Gasteiger partial charge in [0.25, 0.3) is 11.8 Å². The molecule has 2 aliphatic rings. The van der Waals surface area contributed by atoms with E-state index in [0.29, 0.717) is 36.7 Å². The Kier molecular flexibility index (Phi) is 5.83. The van der Waals surface area contributed by atoms with Crippen LogP contribution >= 0.6 is 0 Å². The highest BCUT2D eigenvalue weighted by Gasteiger charge is 2.43. The van der Waals surface area contributed by atoms with E-state index in [2.05, 4.69) is 16.8 Å². The fraction of sp³-hybridized carbons (Fsp3) is 0.360. The van der Waals surface area contributed by atoms with Gasteiger partial charge in [0.05, 0.1) is 17.9 Å². The number of nitrogens with zero attached hydrogens (tertiary/aromatic N) is 3. The monoisotopic (exact) mass is 419 g/mol. The summed E-state index contributed by atoms with van der Waals surface area (Å²) >= 11 is 0. The number of amides is 2. The minimum Gasteiger partial charge on any atom is -0.494 e. The lowest BCUT2D eigenvalue weighted by atomic mass is 10.0. The summed E-state index contributed by atoms with van der Waals surface area (Å²) < 4.78 is 5.55. The summed E-state index contributed by atoms with van der Waals surface area (Å²) in [6.45, 7) is 9.54. The van der Waals surface area contributed by atoms with Crippen molar-refractivity contribution in [1.82, 2.24) is 9.80 Å². The molecule has 31 heavy (non-hydrogen) atoms. The maximum Gasteiger partial charge on any atom is 0.282 e. The van der Waals surface area contributed by atoms with Crippen LogP contribution in [-0.2, 0) is 9.59 Å². The number of benzene rings is 2. The molecule has 6 nitrogen and oxygen atoms in total. The molecule has 2 aliphatic heterocycles. The van der Waals surface area contributed by atoms with Crippen LogP contribution in [-0.4, -0.2) is 61.4 Å². The van der Waals surface area contributed by atoms with Gasteiger partial charge >= 0.3 is 0 Å². The van der Waals surface area contributed by atoms with Gasteiger partial charge in [0.1, 0.15) is 11.4 Å². The molecule has 0 atom stereocenters. The van der Waals surface area contributed by atoms with E-state index in [1.54, 1.807) is 0 Å². The molecule has 0 unspecified atom stereocenters. The first-order chi connectivity index (χ1) is 14.9. The molecule has 6 heteroatoms. The minimum atomic E-state index is -0.267. The highest BCUT2D eigenvalue weighted by Crippen LogP contribution is 2.37. The number of hydrogen-bond acceptors (Lipinski definition) is 5. The van der Waals surface area contributed by atoms with Gasteiger partial charge in [-0.1, -0.05) is 24.3 Å². The number of imide groups is 1. The average Bonchev–Trinajstić information content (AvgIpc) is 3.01. The van der Waals surface area contributed by atoms with Crippen molar-refractivity contribution in [2.24, 2.45) is 0 Å². The molecule has 2 aromatic rings. The van der Waals surface area contributed by atoms with Gasteiger partial charge in [0, 0.05) is 26.2 Å². The number of anilines is 1. The third-order valence-electron chi connectivity index (χ3n) is 5.94. The maximum atomic E-state index is 13.7. The molecule has 0 spiro atoms. The number of likely N-dealkylation sites (N-methyl/N-ethyl adjacent to an activating group) is 1. The molecule has 2 aromatic carbocycles. The van der Waals surface area contributed by atoms with Gasteiger partial charge in [-0.25, -0.2) is 4.90 Å². The van der Waals surface area contributed by atoms with E-state index in [-0.39, 0.29) is 11.8 Å². The summed E-state index contributed by atoms with van der Waals surface area (Å²) in [5.41, 5.74) is 4.28. The molecule has 0 aromatic heterocycles. The Morgan fingerprint density at radius 3 is 2.23 bits per heavy atom. The van der Waals surface area contributed by atoms with Crippen molar-refractivity contribution >= 4 is 23.1 Å². The van der Waals surface area contributed by atoms with Crippen LogP contribution in [0.5, 0.6) is 5.75 Å². The molecule has 0 radical (unpaired) electrons. The second kappa shape index (κ2) is 8.55. The van der Waals surface area contributed by atoms with Gasteiger partial charge in [-0.2, -0.15) is 0 Å². The number of piperazine rings is 1. The van der Waals surface area contributed by atoms with Crippen molar-refractivity contribution in [1.29, 1.82) is 0 Å². The average molecular weight is 420 g/mol. The summed E-state index contributed by atoms with van der Waals surface area (Å²) in [7, 11) is 2.07. The molecular weight excluding hydrogens is 390 g/mol. The molecule has 2 heterocycles. The van der Waals surface area contributed by atoms with Gasteiger partial charge < -0.3 is 14.5 Å². The smallest absolute Gasteiger partial charge is 0.282 e. The Bertz CT molecular complexity index is 1030. The second-order valence-corrected chi connectivity index (χ2v) is 8.21. The topological polar surface area (TPSA) is 53.1 Å². The Hall–Kier alpha value is -3.12. The van der Waals surface area contributed by atoms with E-state index in [0.717, 1.165) is 35.5 Å². The van der Waals surface area contributed by atoms with E-state index in [1.807, 2.05) is 63.2 Å². The maximum absolute atomic E-state index is 13.7. The van der Waals surface area contributed by atoms with E-state index >= 15 is 0 Å². The predicted octanol–water partition coefficient (Wildman–Crippen LogP) is 3.23.